The SMILES string of the molecule is Cc1cccc(N2CC3(CCNC3)OC2=O)c1. The van der Waals surface area contributed by atoms with Gasteiger partial charge in [-0.15, -0.1) is 0 Å². The quantitative estimate of drug-likeness (QED) is 0.801. The van der Waals surface area contributed by atoms with Crippen molar-refractivity contribution in [1.82, 2.24) is 5.32 Å². The molecule has 2 aliphatic rings. The van der Waals surface area contributed by atoms with Crippen LogP contribution in [-0.4, -0.2) is 31.3 Å². The van der Waals surface area contributed by atoms with Crippen LogP contribution in [-0.2, 0) is 4.74 Å². The number of carbonyl (C=O) groups excluding carboxylic acids is 1. The summed E-state index contributed by atoms with van der Waals surface area (Å²) >= 11 is 0. The summed E-state index contributed by atoms with van der Waals surface area (Å²) in [5, 5.41) is 3.26. The minimum absolute atomic E-state index is 0.223. The second kappa shape index (κ2) is 3.74. The van der Waals surface area contributed by atoms with Crippen LogP contribution in [0.15, 0.2) is 24.3 Å². The smallest absolute Gasteiger partial charge is 0.415 e. The average molecular weight is 232 g/mol. The van der Waals surface area contributed by atoms with Crippen LogP contribution in [0.3, 0.4) is 0 Å². The molecular weight excluding hydrogens is 216 g/mol. The maximum absolute atomic E-state index is 11.9. The van der Waals surface area contributed by atoms with E-state index in [1.807, 2.05) is 31.2 Å². The largest absolute Gasteiger partial charge is 0.439 e. The van der Waals surface area contributed by atoms with E-state index in [1.165, 1.54) is 0 Å². The highest BCUT2D eigenvalue weighted by molar-refractivity contribution is 5.90. The van der Waals surface area contributed by atoms with Crippen molar-refractivity contribution >= 4 is 11.8 Å². The predicted octanol–water partition coefficient (Wildman–Crippen LogP) is 1.68. The zero-order chi connectivity index (χ0) is 11.9. The third kappa shape index (κ3) is 1.78. The van der Waals surface area contributed by atoms with E-state index in [4.69, 9.17) is 4.74 Å². The van der Waals surface area contributed by atoms with E-state index >= 15 is 0 Å². The van der Waals surface area contributed by atoms with Gasteiger partial charge in [-0.05, 0) is 31.2 Å². The van der Waals surface area contributed by atoms with Crippen LogP contribution in [0.4, 0.5) is 10.5 Å². The first-order valence-corrected chi connectivity index (χ1v) is 5.96. The summed E-state index contributed by atoms with van der Waals surface area (Å²) in [6.45, 7) is 4.37. The molecule has 1 amide bonds. The van der Waals surface area contributed by atoms with Crippen LogP contribution in [0.2, 0.25) is 0 Å². The van der Waals surface area contributed by atoms with E-state index in [0.717, 1.165) is 30.8 Å². The highest BCUT2D eigenvalue weighted by Crippen LogP contribution is 2.32. The van der Waals surface area contributed by atoms with Gasteiger partial charge in [-0.1, -0.05) is 12.1 Å². The van der Waals surface area contributed by atoms with E-state index in [-0.39, 0.29) is 11.7 Å². The molecule has 1 spiro atoms. The summed E-state index contributed by atoms with van der Waals surface area (Å²) in [6, 6.07) is 7.96. The lowest BCUT2D eigenvalue weighted by atomic mass is 10.0. The number of anilines is 1. The molecule has 0 radical (unpaired) electrons. The summed E-state index contributed by atoms with van der Waals surface area (Å²) < 4.78 is 5.54. The standard InChI is InChI=1S/C13H16N2O2/c1-10-3-2-4-11(7-10)15-9-13(17-12(15)16)5-6-14-8-13/h2-4,7,14H,5-6,8-9H2,1H3. The Morgan fingerprint density at radius 1 is 1.47 bits per heavy atom. The molecule has 1 N–H and O–H groups in total. The van der Waals surface area contributed by atoms with Crippen LogP contribution >= 0.6 is 0 Å². The van der Waals surface area contributed by atoms with Crippen molar-refractivity contribution in [3.8, 4) is 0 Å². The van der Waals surface area contributed by atoms with Crippen LogP contribution in [0.25, 0.3) is 0 Å². The molecule has 2 heterocycles. The monoisotopic (exact) mass is 232 g/mol. The molecule has 90 valence electrons. The second-order valence-electron chi connectivity index (χ2n) is 4.90. The minimum atomic E-state index is -0.305. The lowest BCUT2D eigenvalue weighted by Crippen LogP contribution is -2.36. The lowest BCUT2D eigenvalue weighted by molar-refractivity contribution is 0.0733. The molecule has 2 fully saturated rings. The van der Waals surface area contributed by atoms with Crippen molar-refractivity contribution in [3.05, 3.63) is 29.8 Å². The molecule has 1 unspecified atom stereocenters. The summed E-state index contributed by atoms with van der Waals surface area (Å²) in [6.07, 6.45) is 0.681. The third-order valence-electron chi connectivity index (χ3n) is 3.49. The molecule has 0 aromatic heterocycles. The number of benzene rings is 1. The van der Waals surface area contributed by atoms with Gasteiger partial charge >= 0.3 is 6.09 Å². The summed E-state index contributed by atoms with van der Waals surface area (Å²) in [5.41, 5.74) is 1.78. The first kappa shape index (κ1) is 10.6. The molecule has 17 heavy (non-hydrogen) atoms. The van der Waals surface area contributed by atoms with Gasteiger partial charge in [0.2, 0.25) is 0 Å². The molecule has 1 atom stereocenters. The van der Waals surface area contributed by atoms with Crippen LogP contribution in [0, 0.1) is 6.92 Å². The molecule has 0 saturated carbocycles. The van der Waals surface area contributed by atoms with E-state index < -0.39 is 0 Å². The molecular formula is C13H16N2O2. The topological polar surface area (TPSA) is 41.6 Å². The van der Waals surface area contributed by atoms with Gasteiger partial charge in [-0.25, -0.2) is 4.79 Å². The van der Waals surface area contributed by atoms with Gasteiger partial charge in [0.25, 0.3) is 0 Å². The molecule has 1 aromatic rings. The fourth-order valence-corrected chi connectivity index (χ4v) is 2.56. The Morgan fingerprint density at radius 2 is 2.35 bits per heavy atom. The highest BCUT2D eigenvalue weighted by atomic mass is 16.6. The van der Waals surface area contributed by atoms with Crippen LogP contribution in [0.5, 0.6) is 0 Å². The Hall–Kier alpha value is -1.55. The van der Waals surface area contributed by atoms with Crippen LogP contribution < -0.4 is 10.2 Å². The first-order valence-electron chi connectivity index (χ1n) is 5.96. The fourth-order valence-electron chi connectivity index (χ4n) is 2.56. The number of carbonyl (C=O) groups is 1. The second-order valence-corrected chi connectivity index (χ2v) is 4.90. The van der Waals surface area contributed by atoms with Gasteiger partial charge in [0, 0.05) is 18.7 Å². The maximum atomic E-state index is 11.9. The Morgan fingerprint density at radius 3 is 3.06 bits per heavy atom. The Bertz CT molecular complexity index is 452. The molecule has 0 bridgehead atoms. The number of rotatable bonds is 1. The van der Waals surface area contributed by atoms with Crippen molar-refractivity contribution in [3.63, 3.8) is 0 Å². The Balaban J connectivity index is 1.87. The van der Waals surface area contributed by atoms with Crippen molar-refractivity contribution in [2.24, 2.45) is 0 Å². The van der Waals surface area contributed by atoms with Crippen molar-refractivity contribution in [2.75, 3.05) is 24.5 Å². The number of nitrogens with one attached hydrogen (secondary N) is 1. The summed E-state index contributed by atoms with van der Waals surface area (Å²) in [4.78, 5) is 13.7. The fraction of sp³-hybridized carbons (Fsp3) is 0.462. The predicted molar refractivity (Wildman–Crippen MR) is 65.2 cm³/mol. The molecule has 3 rings (SSSR count). The Kier molecular flexibility index (Phi) is 2.33. The number of nitrogens with zero attached hydrogens (tertiary/aromatic N) is 1. The zero-order valence-electron chi connectivity index (χ0n) is 9.90. The summed E-state index contributed by atoms with van der Waals surface area (Å²) in [7, 11) is 0. The van der Waals surface area contributed by atoms with Gasteiger partial charge in [-0.2, -0.15) is 0 Å². The van der Waals surface area contributed by atoms with E-state index in [2.05, 4.69) is 5.32 Å². The number of aryl methyl sites for hydroxylation is 1. The third-order valence-corrected chi connectivity index (χ3v) is 3.49. The number of amides is 1. The lowest BCUT2D eigenvalue weighted by Gasteiger charge is -2.19. The van der Waals surface area contributed by atoms with Gasteiger partial charge in [0.05, 0.1) is 6.54 Å². The summed E-state index contributed by atoms with van der Waals surface area (Å²) in [5.74, 6) is 0. The van der Waals surface area contributed by atoms with E-state index in [0.29, 0.717) is 6.54 Å². The minimum Gasteiger partial charge on any atom is -0.439 e. The van der Waals surface area contributed by atoms with Gasteiger partial charge in [0.1, 0.15) is 5.60 Å². The van der Waals surface area contributed by atoms with Gasteiger partial charge < -0.3 is 10.1 Å². The van der Waals surface area contributed by atoms with Gasteiger partial charge in [0.15, 0.2) is 0 Å². The number of hydrogen-bond donors (Lipinski definition) is 1. The molecule has 4 heteroatoms. The zero-order valence-corrected chi connectivity index (χ0v) is 9.90. The first-order chi connectivity index (χ1) is 8.19. The van der Waals surface area contributed by atoms with Crippen molar-refractivity contribution < 1.29 is 9.53 Å². The van der Waals surface area contributed by atoms with E-state index in [9.17, 15) is 4.79 Å². The van der Waals surface area contributed by atoms with Crippen molar-refractivity contribution in [2.45, 2.75) is 18.9 Å². The van der Waals surface area contributed by atoms with Gasteiger partial charge in [-0.3, -0.25) is 4.90 Å². The molecule has 4 nitrogen and oxygen atoms in total. The highest BCUT2D eigenvalue weighted by Gasteiger charge is 2.47. The Labute approximate surface area is 101 Å². The van der Waals surface area contributed by atoms with E-state index in [1.54, 1.807) is 4.90 Å². The number of hydrogen-bond acceptors (Lipinski definition) is 3. The number of ether oxygens (including phenoxy) is 1. The van der Waals surface area contributed by atoms with Crippen LogP contribution in [0.1, 0.15) is 12.0 Å². The normalized spacial score (nSPS) is 27.8. The average Bonchev–Trinajstić information content (AvgIpc) is 2.87. The molecule has 0 aliphatic carbocycles. The molecule has 2 saturated heterocycles. The molecule has 1 aromatic carbocycles. The maximum Gasteiger partial charge on any atom is 0.415 e. The van der Waals surface area contributed by atoms with Crippen molar-refractivity contribution in [1.29, 1.82) is 0 Å². The molecule has 2 aliphatic heterocycles.